The van der Waals surface area contributed by atoms with E-state index >= 15 is 0 Å². The van der Waals surface area contributed by atoms with Crippen molar-refractivity contribution in [3.63, 3.8) is 0 Å². The Balaban J connectivity index is 2.24. The molecule has 10 nitrogen and oxygen atoms in total. The maximum Gasteiger partial charge on any atom is 0.338 e. The number of carbonyl (C=O) groups excluding carboxylic acids is 2. The number of carbonyl (C=O) groups is 2. The number of hydrogen-bond donors (Lipinski definition) is 1. The number of Topliss-reactive ketones (excluding diaryl/α,β-unsaturated/α-hetero) is 1. The van der Waals surface area contributed by atoms with Crippen molar-refractivity contribution < 1.29 is 23.8 Å². The van der Waals surface area contributed by atoms with Crippen molar-refractivity contribution in [2.75, 3.05) is 25.6 Å². The van der Waals surface area contributed by atoms with Crippen molar-refractivity contribution in [3.8, 4) is 11.5 Å². The van der Waals surface area contributed by atoms with E-state index in [4.69, 9.17) is 19.9 Å². The van der Waals surface area contributed by atoms with Crippen LogP contribution in [0, 0.1) is 11.8 Å². The van der Waals surface area contributed by atoms with Crippen LogP contribution in [0.4, 0.5) is 5.82 Å². The number of anilines is 1. The van der Waals surface area contributed by atoms with Gasteiger partial charge in [-0.15, -0.1) is 0 Å². The summed E-state index contributed by atoms with van der Waals surface area (Å²) in [6, 6.07) is 4.57. The molecule has 1 heterocycles. The average Bonchev–Trinajstić information content (AvgIpc) is 2.78. The van der Waals surface area contributed by atoms with Gasteiger partial charge in [0, 0.05) is 13.6 Å². The monoisotopic (exact) mass is 475 g/mol. The minimum atomic E-state index is -0.839. The Morgan fingerprint density at radius 3 is 2.29 bits per heavy atom. The summed E-state index contributed by atoms with van der Waals surface area (Å²) in [5.74, 6) is -0.602. The molecule has 0 unspecified atom stereocenters. The van der Waals surface area contributed by atoms with Crippen LogP contribution in [0.15, 0.2) is 27.8 Å². The first-order valence-corrected chi connectivity index (χ1v) is 11.2. The summed E-state index contributed by atoms with van der Waals surface area (Å²) in [5, 5.41) is 0. The second kappa shape index (κ2) is 11.5. The molecule has 0 aliphatic carbocycles. The zero-order valence-electron chi connectivity index (χ0n) is 20.5. The molecule has 2 rings (SSSR count). The summed E-state index contributed by atoms with van der Waals surface area (Å²) in [6.07, 6.45) is 0. The fourth-order valence-corrected chi connectivity index (χ4v) is 3.15. The normalized spacial score (nSPS) is 11.1. The molecule has 0 atom stereocenters. The fourth-order valence-electron chi connectivity index (χ4n) is 3.15. The van der Waals surface area contributed by atoms with Gasteiger partial charge in [0.15, 0.2) is 18.1 Å². The molecule has 0 bridgehead atoms. The Morgan fingerprint density at radius 2 is 1.71 bits per heavy atom. The molecule has 1 aromatic heterocycles. The van der Waals surface area contributed by atoms with E-state index in [0.29, 0.717) is 30.6 Å². The number of nitrogens with two attached hydrogens (primary N) is 1. The highest BCUT2D eigenvalue weighted by molar-refractivity contribution is 6.02. The molecule has 0 saturated carbocycles. The molecule has 0 radical (unpaired) electrons. The van der Waals surface area contributed by atoms with Gasteiger partial charge in [-0.05, 0) is 37.0 Å². The molecule has 1 aromatic carbocycles. The minimum Gasteiger partial charge on any atom is -0.490 e. The molecule has 0 aliphatic heterocycles. The molecular weight excluding hydrogens is 442 g/mol. The second-order valence-electron chi connectivity index (χ2n) is 8.71. The van der Waals surface area contributed by atoms with Crippen LogP contribution in [-0.4, -0.2) is 40.7 Å². The average molecular weight is 476 g/mol. The molecule has 186 valence electrons. The molecule has 0 aliphatic rings. The number of ketones is 1. The van der Waals surface area contributed by atoms with Gasteiger partial charge in [0.1, 0.15) is 11.4 Å². The lowest BCUT2D eigenvalue weighted by Crippen LogP contribution is -2.43. The Labute approximate surface area is 198 Å². The lowest BCUT2D eigenvalue weighted by atomic mass is 10.1. The Kier molecular flexibility index (Phi) is 9.05. The summed E-state index contributed by atoms with van der Waals surface area (Å²) in [5.41, 5.74) is 4.31. The van der Waals surface area contributed by atoms with Crippen LogP contribution in [0.25, 0.3) is 0 Å². The summed E-state index contributed by atoms with van der Waals surface area (Å²) < 4.78 is 18.4. The summed E-state index contributed by atoms with van der Waals surface area (Å²) in [7, 11) is 1.27. The number of nitrogens with zero attached hydrogens (tertiary/aromatic N) is 2. The first kappa shape index (κ1) is 26.7. The zero-order chi connectivity index (χ0) is 25.6. The van der Waals surface area contributed by atoms with E-state index in [1.54, 1.807) is 13.0 Å². The minimum absolute atomic E-state index is 0.0466. The van der Waals surface area contributed by atoms with Gasteiger partial charge in [0.2, 0.25) is 5.78 Å². The summed E-state index contributed by atoms with van der Waals surface area (Å²) in [4.78, 5) is 50.3. The van der Waals surface area contributed by atoms with Gasteiger partial charge in [-0.1, -0.05) is 27.7 Å². The number of benzene rings is 1. The van der Waals surface area contributed by atoms with E-state index in [1.807, 2.05) is 27.7 Å². The largest absolute Gasteiger partial charge is 0.490 e. The molecular formula is C24H33N3O7. The quantitative estimate of drug-likeness (QED) is 0.387. The molecule has 34 heavy (non-hydrogen) atoms. The highest BCUT2D eigenvalue weighted by Crippen LogP contribution is 2.29. The van der Waals surface area contributed by atoms with E-state index in [1.165, 1.54) is 23.7 Å². The lowest BCUT2D eigenvalue weighted by molar-refractivity contribution is 0.0473. The molecule has 10 heteroatoms. The Hall–Kier alpha value is -3.56. The summed E-state index contributed by atoms with van der Waals surface area (Å²) >= 11 is 0. The maximum atomic E-state index is 12.8. The fraction of sp³-hybridized carbons (Fsp3) is 0.500. The van der Waals surface area contributed by atoms with Gasteiger partial charge in [-0.2, -0.15) is 0 Å². The molecule has 0 fully saturated rings. The number of hydrogen-bond acceptors (Lipinski definition) is 8. The van der Waals surface area contributed by atoms with Gasteiger partial charge >= 0.3 is 11.7 Å². The smallest absolute Gasteiger partial charge is 0.338 e. The van der Waals surface area contributed by atoms with Crippen LogP contribution < -0.4 is 26.5 Å². The Bertz CT molecular complexity index is 1160. The van der Waals surface area contributed by atoms with E-state index in [9.17, 15) is 19.2 Å². The molecule has 0 amide bonds. The van der Waals surface area contributed by atoms with Crippen LogP contribution in [0.5, 0.6) is 11.5 Å². The molecule has 0 spiro atoms. The molecule has 2 aromatic rings. The SMILES string of the molecule is CCOc1cc(C(=O)OCC(=O)c2c(N)n(CC(C)C)c(=O)n(C)c2=O)ccc1OCC(C)C. The topological polar surface area (TPSA) is 132 Å². The van der Waals surface area contributed by atoms with Crippen molar-refractivity contribution in [1.29, 1.82) is 0 Å². The standard InChI is InChI=1S/C24H33N3O7/c1-7-32-19-10-16(8-9-18(19)33-12-15(4)5)23(30)34-13-17(28)20-21(25)27(11-14(2)3)24(31)26(6)22(20)29/h8-10,14-15H,7,11-13,25H2,1-6H3. The van der Waals surface area contributed by atoms with Crippen molar-refractivity contribution in [2.24, 2.45) is 18.9 Å². The van der Waals surface area contributed by atoms with Crippen LogP contribution in [0.3, 0.4) is 0 Å². The van der Waals surface area contributed by atoms with Crippen LogP contribution in [0.1, 0.15) is 55.3 Å². The third kappa shape index (κ3) is 6.27. The number of nitrogen functional groups attached to an aromatic ring is 1. The third-order valence-electron chi connectivity index (χ3n) is 4.80. The number of rotatable bonds is 11. The van der Waals surface area contributed by atoms with Crippen molar-refractivity contribution in [3.05, 3.63) is 50.2 Å². The highest BCUT2D eigenvalue weighted by Gasteiger charge is 2.23. The number of esters is 1. The van der Waals surface area contributed by atoms with Gasteiger partial charge in [-0.25, -0.2) is 9.59 Å². The first-order valence-electron chi connectivity index (χ1n) is 11.2. The van der Waals surface area contributed by atoms with Gasteiger partial charge < -0.3 is 19.9 Å². The second-order valence-corrected chi connectivity index (χ2v) is 8.71. The molecule has 0 saturated heterocycles. The predicted octanol–water partition coefficient (Wildman–Crippen LogP) is 2.26. The predicted molar refractivity (Wildman–Crippen MR) is 128 cm³/mol. The van der Waals surface area contributed by atoms with Crippen molar-refractivity contribution in [2.45, 2.75) is 41.2 Å². The lowest BCUT2D eigenvalue weighted by Gasteiger charge is -2.16. The van der Waals surface area contributed by atoms with E-state index in [-0.39, 0.29) is 29.4 Å². The van der Waals surface area contributed by atoms with E-state index in [2.05, 4.69) is 0 Å². The molecule has 2 N–H and O–H groups in total. The highest BCUT2D eigenvalue weighted by atomic mass is 16.5. The summed E-state index contributed by atoms with van der Waals surface area (Å²) in [6.45, 7) is 9.93. The van der Waals surface area contributed by atoms with Crippen molar-refractivity contribution in [1.82, 2.24) is 9.13 Å². The number of ether oxygens (including phenoxy) is 3. The maximum absolute atomic E-state index is 12.8. The zero-order valence-corrected chi connectivity index (χ0v) is 20.5. The number of aromatic nitrogens is 2. The van der Waals surface area contributed by atoms with Gasteiger partial charge in [-0.3, -0.25) is 18.7 Å². The van der Waals surface area contributed by atoms with Gasteiger partial charge in [0.25, 0.3) is 5.56 Å². The van der Waals surface area contributed by atoms with Crippen LogP contribution >= 0.6 is 0 Å². The van der Waals surface area contributed by atoms with E-state index < -0.39 is 29.6 Å². The third-order valence-corrected chi connectivity index (χ3v) is 4.80. The Morgan fingerprint density at radius 1 is 1.03 bits per heavy atom. The van der Waals surface area contributed by atoms with Gasteiger partial charge in [0.05, 0.1) is 18.8 Å². The van der Waals surface area contributed by atoms with E-state index in [0.717, 1.165) is 4.57 Å². The van der Waals surface area contributed by atoms with Crippen LogP contribution in [0.2, 0.25) is 0 Å². The first-order chi connectivity index (χ1) is 16.0. The van der Waals surface area contributed by atoms with Crippen LogP contribution in [-0.2, 0) is 18.3 Å². The van der Waals surface area contributed by atoms with Crippen molar-refractivity contribution >= 4 is 17.6 Å².